The maximum absolute atomic E-state index is 13.5. The van der Waals surface area contributed by atoms with E-state index in [4.69, 9.17) is 0 Å². The van der Waals surface area contributed by atoms with Gasteiger partial charge in [-0.3, -0.25) is 4.79 Å². The molecule has 2 aliphatic heterocycles. The molecular formula is C22H24N4O3S3. The number of thiophene rings is 1. The summed E-state index contributed by atoms with van der Waals surface area (Å²) in [5.74, 6) is -0.197. The van der Waals surface area contributed by atoms with Crippen molar-refractivity contribution in [3.8, 4) is 0 Å². The Morgan fingerprint density at radius 2 is 1.78 bits per heavy atom. The molecular weight excluding hydrogens is 464 g/mol. The minimum absolute atomic E-state index is 0.132. The first-order chi connectivity index (χ1) is 15.5. The Hall–Kier alpha value is -2.27. The number of anilines is 1. The van der Waals surface area contributed by atoms with Crippen molar-refractivity contribution in [2.75, 3.05) is 37.6 Å². The minimum atomic E-state index is -3.75. The number of carbonyl (C=O) groups is 1. The molecule has 0 N–H and O–H groups in total. The summed E-state index contributed by atoms with van der Waals surface area (Å²) in [7, 11) is -3.75. The van der Waals surface area contributed by atoms with Gasteiger partial charge < -0.3 is 9.80 Å². The molecule has 0 spiro atoms. The van der Waals surface area contributed by atoms with Crippen molar-refractivity contribution in [1.29, 1.82) is 0 Å². The highest BCUT2D eigenvalue weighted by Gasteiger charge is 2.34. The third-order valence-corrected chi connectivity index (χ3v) is 9.76. The minimum Gasteiger partial charge on any atom is -0.346 e. The Balaban J connectivity index is 1.34. The van der Waals surface area contributed by atoms with E-state index in [-0.39, 0.29) is 10.8 Å². The second kappa shape index (κ2) is 8.93. The van der Waals surface area contributed by atoms with E-state index in [1.165, 1.54) is 21.2 Å². The number of thiazole rings is 1. The second-order valence-electron chi connectivity index (χ2n) is 7.92. The van der Waals surface area contributed by atoms with Gasteiger partial charge in [0.05, 0.1) is 0 Å². The SMILES string of the molecule is O=C(c1sccc1S(=O)(=O)N1CCc2ccccc2C1)N1CCCN(c2nccs2)CC1. The number of rotatable bonds is 4. The molecule has 0 aliphatic carbocycles. The van der Waals surface area contributed by atoms with Crippen LogP contribution in [0.25, 0.3) is 0 Å². The molecule has 0 unspecified atom stereocenters. The first-order valence-electron chi connectivity index (χ1n) is 10.6. The number of sulfonamides is 1. The standard InChI is InChI=1S/C22H24N4O3S3/c27-21(24-9-3-10-25(13-12-24)22-23-8-15-31-22)20-19(7-14-30-20)32(28,29)26-11-6-17-4-1-2-5-18(17)16-26/h1-2,4-5,7-8,14-15H,3,6,9-13,16H2. The molecule has 4 heterocycles. The van der Waals surface area contributed by atoms with Crippen LogP contribution in [-0.4, -0.2) is 61.2 Å². The van der Waals surface area contributed by atoms with E-state index in [0.29, 0.717) is 44.0 Å². The molecule has 1 fully saturated rings. The van der Waals surface area contributed by atoms with Gasteiger partial charge in [0.1, 0.15) is 9.77 Å². The molecule has 2 aromatic heterocycles. The fourth-order valence-electron chi connectivity index (χ4n) is 4.30. The van der Waals surface area contributed by atoms with Crippen LogP contribution in [0.3, 0.4) is 0 Å². The lowest BCUT2D eigenvalue weighted by Gasteiger charge is -2.28. The van der Waals surface area contributed by atoms with Crippen LogP contribution in [0.1, 0.15) is 27.2 Å². The Kier molecular flexibility index (Phi) is 6.02. The number of aromatic nitrogens is 1. The van der Waals surface area contributed by atoms with Gasteiger partial charge in [-0.05, 0) is 35.4 Å². The summed E-state index contributed by atoms with van der Waals surface area (Å²) in [4.78, 5) is 22.2. The number of fused-ring (bicyclic) bond motifs is 1. The molecule has 2 aliphatic rings. The Morgan fingerprint density at radius 3 is 2.59 bits per heavy atom. The highest BCUT2D eigenvalue weighted by atomic mass is 32.2. The number of nitrogens with zero attached hydrogens (tertiary/aromatic N) is 4. The molecule has 7 nitrogen and oxygen atoms in total. The first kappa shape index (κ1) is 21.6. The van der Waals surface area contributed by atoms with Crippen LogP contribution >= 0.6 is 22.7 Å². The van der Waals surface area contributed by atoms with Gasteiger partial charge in [-0.2, -0.15) is 4.31 Å². The maximum Gasteiger partial charge on any atom is 0.265 e. The third kappa shape index (κ3) is 4.07. The summed E-state index contributed by atoms with van der Waals surface area (Å²) in [5, 5.41) is 4.62. The van der Waals surface area contributed by atoms with Crippen LogP contribution in [0.2, 0.25) is 0 Å². The smallest absolute Gasteiger partial charge is 0.265 e. The molecule has 32 heavy (non-hydrogen) atoms. The van der Waals surface area contributed by atoms with E-state index in [1.807, 2.05) is 29.6 Å². The lowest BCUT2D eigenvalue weighted by molar-refractivity contribution is 0.0768. The van der Waals surface area contributed by atoms with Gasteiger partial charge in [0.15, 0.2) is 5.13 Å². The van der Waals surface area contributed by atoms with Crippen LogP contribution in [0, 0.1) is 0 Å². The summed E-state index contributed by atoms with van der Waals surface area (Å²) < 4.78 is 28.5. The lowest BCUT2D eigenvalue weighted by Crippen LogP contribution is -2.38. The predicted octanol–water partition coefficient (Wildman–Crippen LogP) is 3.30. The van der Waals surface area contributed by atoms with Crippen molar-refractivity contribution in [3.63, 3.8) is 0 Å². The van der Waals surface area contributed by atoms with E-state index in [0.717, 1.165) is 23.7 Å². The van der Waals surface area contributed by atoms with Crippen molar-refractivity contribution in [3.05, 3.63) is 63.3 Å². The third-order valence-electron chi connectivity index (χ3n) is 6.01. The van der Waals surface area contributed by atoms with Gasteiger partial charge in [-0.15, -0.1) is 22.7 Å². The Bertz CT molecular complexity index is 1210. The molecule has 168 valence electrons. The zero-order valence-electron chi connectivity index (χ0n) is 17.5. The summed E-state index contributed by atoms with van der Waals surface area (Å²) in [6, 6.07) is 9.51. The van der Waals surface area contributed by atoms with Crippen LogP contribution in [0.5, 0.6) is 0 Å². The summed E-state index contributed by atoms with van der Waals surface area (Å²) in [6.45, 7) is 3.45. The quantitative estimate of drug-likeness (QED) is 0.563. The fourth-order valence-corrected chi connectivity index (χ4v) is 7.78. The Labute approximate surface area is 196 Å². The molecule has 10 heteroatoms. The number of amides is 1. The Morgan fingerprint density at radius 1 is 0.938 bits per heavy atom. The van der Waals surface area contributed by atoms with E-state index in [9.17, 15) is 13.2 Å². The normalized spacial score (nSPS) is 17.8. The second-order valence-corrected chi connectivity index (χ2v) is 11.6. The topological polar surface area (TPSA) is 73.8 Å². The number of hydrogen-bond acceptors (Lipinski definition) is 7. The average molecular weight is 489 g/mol. The van der Waals surface area contributed by atoms with Crippen molar-refractivity contribution in [1.82, 2.24) is 14.2 Å². The maximum atomic E-state index is 13.5. The average Bonchev–Trinajstić information content (AvgIpc) is 3.47. The largest absolute Gasteiger partial charge is 0.346 e. The zero-order valence-corrected chi connectivity index (χ0v) is 20.0. The molecule has 1 saturated heterocycles. The molecule has 0 bridgehead atoms. The highest BCUT2D eigenvalue weighted by Crippen LogP contribution is 2.30. The predicted molar refractivity (Wildman–Crippen MR) is 127 cm³/mol. The van der Waals surface area contributed by atoms with E-state index < -0.39 is 10.0 Å². The number of benzene rings is 1. The van der Waals surface area contributed by atoms with Crippen LogP contribution in [0.15, 0.2) is 52.2 Å². The molecule has 5 rings (SSSR count). The van der Waals surface area contributed by atoms with E-state index in [2.05, 4.69) is 9.88 Å². The monoisotopic (exact) mass is 488 g/mol. The van der Waals surface area contributed by atoms with E-state index >= 15 is 0 Å². The van der Waals surface area contributed by atoms with Gasteiger partial charge in [0.25, 0.3) is 5.91 Å². The van der Waals surface area contributed by atoms with Gasteiger partial charge in [0.2, 0.25) is 10.0 Å². The van der Waals surface area contributed by atoms with Crippen molar-refractivity contribution in [2.45, 2.75) is 24.3 Å². The van der Waals surface area contributed by atoms with Crippen molar-refractivity contribution >= 4 is 43.7 Å². The number of carbonyl (C=O) groups excluding carboxylic acids is 1. The molecule has 0 atom stereocenters. The van der Waals surface area contributed by atoms with E-state index in [1.54, 1.807) is 33.9 Å². The van der Waals surface area contributed by atoms with Gasteiger partial charge >= 0.3 is 0 Å². The number of hydrogen-bond donors (Lipinski definition) is 0. The molecule has 3 aromatic rings. The van der Waals surface area contributed by atoms with Gasteiger partial charge in [-0.1, -0.05) is 24.3 Å². The molecule has 0 radical (unpaired) electrons. The zero-order chi connectivity index (χ0) is 22.1. The van der Waals surface area contributed by atoms with Crippen molar-refractivity contribution < 1.29 is 13.2 Å². The van der Waals surface area contributed by atoms with Gasteiger partial charge in [0, 0.05) is 50.8 Å². The molecule has 1 amide bonds. The fraction of sp³-hybridized carbons (Fsp3) is 0.364. The van der Waals surface area contributed by atoms with Crippen LogP contribution in [0.4, 0.5) is 5.13 Å². The summed E-state index contributed by atoms with van der Waals surface area (Å²) >= 11 is 2.80. The lowest BCUT2D eigenvalue weighted by atomic mass is 10.0. The highest BCUT2D eigenvalue weighted by molar-refractivity contribution is 7.89. The summed E-state index contributed by atoms with van der Waals surface area (Å²) in [6.07, 6.45) is 3.29. The van der Waals surface area contributed by atoms with Crippen LogP contribution in [-0.2, 0) is 23.0 Å². The van der Waals surface area contributed by atoms with Crippen LogP contribution < -0.4 is 4.90 Å². The van der Waals surface area contributed by atoms with Crippen molar-refractivity contribution in [2.24, 2.45) is 0 Å². The molecule has 0 saturated carbocycles. The summed E-state index contributed by atoms with van der Waals surface area (Å²) in [5.41, 5.74) is 2.22. The van der Waals surface area contributed by atoms with Gasteiger partial charge in [-0.25, -0.2) is 13.4 Å². The molecule has 1 aromatic carbocycles. The first-order valence-corrected chi connectivity index (χ1v) is 13.8.